The number of aromatic nitrogens is 1. The van der Waals surface area contributed by atoms with Crippen LogP contribution in [0.3, 0.4) is 0 Å². The summed E-state index contributed by atoms with van der Waals surface area (Å²) in [5, 5.41) is 23.0. The summed E-state index contributed by atoms with van der Waals surface area (Å²) in [5.74, 6) is -3.69. The molecule has 1 aliphatic carbocycles. The smallest absolute Gasteiger partial charge is 0.290 e. The van der Waals surface area contributed by atoms with Crippen LogP contribution in [0.2, 0.25) is 0 Å². The molecule has 0 saturated heterocycles. The normalized spacial score (nSPS) is 16.0. The van der Waals surface area contributed by atoms with Crippen molar-refractivity contribution in [2.75, 3.05) is 11.9 Å². The van der Waals surface area contributed by atoms with Gasteiger partial charge in [0, 0.05) is 36.3 Å². The highest BCUT2D eigenvalue weighted by molar-refractivity contribution is 5.93. The van der Waals surface area contributed by atoms with Crippen LogP contribution in [0.1, 0.15) is 12.8 Å². The summed E-state index contributed by atoms with van der Waals surface area (Å²) in [6.07, 6.45) is 1.19. The highest BCUT2D eigenvalue weighted by Gasteiger charge is 2.48. The summed E-state index contributed by atoms with van der Waals surface area (Å²) in [7, 11) is 1.50. The lowest BCUT2D eigenvalue weighted by molar-refractivity contribution is -0.384. The van der Waals surface area contributed by atoms with Gasteiger partial charge in [-0.1, -0.05) is 0 Å². The number of hydrogen-bond donors (Lipinski definition) is 2. The van der Waals surface area contributed by atoms with Crippen molar-refractivity contribution >= 4 is 22.3 Å². The number of non-ortho nitro benzene ring substituents is 1. The van der Waals surface area contributed by atoms with Crippen LogP contribution in [-0.4, -0.2) is 33.2 Å². The second kappa shape index (κ2) is 6.07. The number of hydrogen-bond acceptors (Lipinski definition) is 5. The van der Waals surface area contributed by atoms with Crippen molar-refractivity contribution in [3.63, 3.8) is 0 Å². The van der Waals surface area contributed by atoms with Crippen LogP contribution in [0, 0.1) is 16.0 Å². The molecule has 3 rings (SSSR count). The zero-order valence-electron chi connectivity index (χ0n) is 13.4. The van der Waals surface area contributed by atoms with Crippen LogP contribution in [0.25, 0.3) is 10.9 Å². The second-order valence-electron chi connectivity index (χ2n) is 6.29. The quantitative estimate of drug-likeness (QED) is 0.613. The number of pyridine rings is 1. The molecule has 1 saturated carbocycles. The van der Waals surface area contributed by atoms with Crippen LogP contribution in [0.5, 0.6) is 0 Å². The molecule has 2 N–H and O–H groups in total. The van der Waals surface area contributed by atoms with E-state index in [1.54, 1.807) is 0 Å². The third kappa shape index (κ3) is 3.19. The van der Waals surface area contributed by atoms with Crippen molar-refractivity contribution in [2.24, 2.45) is 13.0 Å². The van der Waals surface area contributed by atoms with Crippen LogP contribution in [0.15, 0.2) is 29.1 Å². The van der Waals surface area contributed by atoms with Gasteiger partial charge in [-0.25, -0.2) is 8.78 Å². The van der Waals surface area contributed by atoms with Gasteiger partial charge in [0.2, 0.25) is 0 Å². The summed E-state index contributed by atoms with van der Waals surface area (Å²) >= 11 is 0. The molecule has 1 atom stereocenters. The Kier molecular flexibility index (Phi) is 4.19. The lowest BCUT2D eigenvalue weighted by atomic mass is 10.0. The fraction of sp³-hybridized carbons (Fsp3) is 0.438. The number of aliphatic hydroxyl groups is 1. The molecule has 0 unspecified atom stereocenters. The van der Waals surface area contributed by atoms with Crippen LogP contribution in [-0.2, 0) is 7.05 Å². The Balaban J connectivity index is 2.14. The number of alkyl halides is 2. The van der Waals surface area contributed by atoms with Gasteiger partial charge in [0.15, 0.2) is 0 Å². The summed E-state index contributed by atoms with van der Waals surface area (Å²) in [6, 6.07) is 3.72. The van der Waals surface area contributed by atoms with E-state index in [-0.39, 0.29) is 17.3 Å². The number of aryl methyl sites for hydroxylation is 1. The van der Waals surface area contributed by atoms with Gasteiger partial charge < -0.3 is 15.0 Å². The molecule has 0 amide bonds. The van der Waals surface area contributed by atoms with Gasteiger partial charge >= 0.3 is 0 Å². The molecule has 0 spiro atoms. The first kappa shape index (κ1) is 17.3. The van der Waals surface area contributed by atoms with Gasteiger partial charge in [-0.15, -0.1) is 0 Å². The first-order valence-electron chi connectivity index (χ1n) is 7.78. The van der Waals surface area contributed by atoms with E-state index in [1.807, 2.05) is 0 Å². The van der Waals surface area contributed by atoms with E-state index < -0.39 is 29.1 Å². The first-order chi connectivity index (χ1) is 11.7. The number of aliphatic hydroxyl groups excluding tert-OH is 1. The minimum absolute atomic E-state index is 0.104. The van der Waals surface area contributed by atoms with Crippen LogP contribution < -0.4 is 10.9 Å². The van der Waals surface area contributed by atoms with Crippen molar-refractivity contribution in [3.05, 3.63) is 44.7 Å². The molecule has 1 aromatic carbocycles. The third-order valence-corrected chi connectivity index (χ3v) is 4.51. The minimum atomic E-state index is -3.37. The van der Waals surface area contributed by atoms with Gasteiger partial charge in [0.1, 0.15) is 6.61 Å². The SMILES string of the molecule is Cn1c(=O)cc(N[C@@H](C2CC2)C(F)(F)CO)c2cc([N+](=O)[O-])ccc21. The Morgan fingerprint density at radius 2 is 2.12 bits per heavy atom. The largest absolute Gasteiger partial charge is 0.390 e. The summed E-state index contributed by atoms with van der Waals surface area (Å²) < 4.78 is 29.4. The standard InChI is InChI=1S/C16H17F2N3O4/c1-20-13-5-4-10(21(24)25)6-11(13)12(7-14(20)23)19-15(9-2-3-9)16(17,18)8-22/h4-7,9,15,19,22H,2-3,8H2,1H3/t15-/m0/s1. The maximum absolute atomic E-state index is 14.1. The molecule has 1 aromatic heterocycles. The molecule has 9 heteroatoms. The molecule has 7 nitrogen and oxygen atoms in total. The molecule has 0 radical (unpaired) electrons. The number of nitrogens with one attached hydrogen (secondary N) is 1. The lowest BCUT2D eigenvalue weighted by Gasteiger charge is -2.27. The van der Waals surface area contributed by atoms with Gasteiger partial charge in [-0.2, -0.15) is 0 Å². The van der Waals surface area contributed by atoms with Gasteiger partial charge in [0.05, 0.1) is 16.5 Å². The predicted molar refractivity (Wildman–Crippen MR) is 88.0 cm³/mol. The maximum atomic E-state index is 14.1. The number of halogens is 2. The molecule has 0 aliphatic heterocycles. The summed E-state index contributed by atoms with van der Waals surface area (Å²) in [5.41, 5.74) is -0.133. The highest BCUT2D eigenvalue weighted by Crippen LogP contribution is 2.41. The van der Waals surface area contributed by atoms with Gasteiger partial charge in [0.25, 0.3) is 17.2 Å². The van der Waals surface area contributed by atoms with Gasteiger partial charge in [-0.3, -0.25) is 14.9 Å². The Labute approximate surface area is 141 Å². The topological polar surface area (TPSA) is 97.4 Å². The van der Waals surface area contributed by atoms with Crippen LogP contribution >= 0.6 is 0 Å². The van der Waals surface area contributed by atoms with E-state index in [0.717, 1.165) is 6.07 Å². The molecule has 0 bridgehead atoms. The molecular formula is C16H17F2N3O4. The Bertz CT molecular complexity index is 893. The third-order valence-electron chi connectivity index (χ3n) is 4.51. The number of anilines is 1. The van der Waals surface area contributed by atoms with Crippen molar-refractivity contribution < 1.29 is 18.8 Å². The fourth-order valence-electron chi connectivity index (χ4n) is 2.95. The fourth-order valence-corrected chi connectivity index (χ4v) is 2.95. The van der Waals surface area contributed by atoms with Crippen molar-refractivity contribution in [2.45, 2.75) is 24.8 Å². The molecule has 1 aliphatic rings. The molecule has 134 valence electrons. The summed E-state index contributed by atoms with van der Waals surface area (Å²) in [6.45, 7) is -1.32. The molecule has 1 fully saturated rings. The Hall–Kier alpha value is -2.55. The van der Waals surface area contributed by atoms with E-state index in [2.05, 4.69) is 5.32 Å². The van der Waals surface area contributed by atoms with Crippen molar-refractivity contribution in [1.82, 2.24) is 4.57 Å². The van der Waals surface area contributed by atoms with Crippen molar-refractivity contribution in [3.8, 4) is 0 Å². The minimum Gasteiger partial charge on any atom is -0.390 e. The van der Waals surface area contributed by atoms with Gasteiger partial charge in [-0.05, 0) is 24.8 Å². The predicted octanol–water partition coefficient (Wildman–Crippen LogP) is 2.26. The lowest BCUT2D eigenvalue weighted by Crippen LogP contribution is -2.44. The second-order valence-corrected chi connectivity index (χ2v) is 6.29. The number of nitrogens with zero attached hydrogens (tertiary/aromatic N) is 2. The number of rotatable bonds is 6. The Morgan fingerprint density at radius 1 is 1.44 bits per heavy atom. The number of nitro benzene ring substituents is 1. The van der Waals surface area contributed by atoms with E-state index in [1.165, 1.54) is 29.8 Å². The zero-order valence-corrected chi connectivity index (χ0v) is 13.4. The van der Waals surface area contributed by atoms with E-state index >= 15 is 0 Å². The number of benzene rings is 1. The average Bonchev–Trinajstić information content (AvgIpc) is 3.40. The number of nitro groups is 1. The zero-order chi connectivity index (χ0) is 18.4. The van der Waals surface area contributed by atoms with E-state index in [0.29, 0.717) is 23.7 Å². The molecule has 25 heavy (non-hydrogen) atoms. The van der Waals surface area contributed by atoms with Crippen molar-refractivity contribution in [1.29, 1.82) is 0 Å². The molecule has 1 heterocycles. The van der Waals surface area contributed by atoms with Crippen LogP contribution in [0.4, 0.5) is 20.2 Å². The Morgan fingerprint density at radius 3 is 2.68 bits per heavy atom. The van der Waals surface area contributed by atoms with E-state index in [4.69, 9.17) is 5.11 Å². The van der Waals surface area contributed by atoms with E-state index in [9.17, 15) is 23.7 Å². The molecular weight excluding hydrogens is 336 g/mol. The first-order valence-corrected chi connectivity index (χ1v) is 7.78. The number of fused-ring (bicyclic) bond motifs is 1. The highest BCUT2D eigenvalue weighted by atomic mass is 19.3. The average molecular weight is 353 g/mol. The molecule has 2 aromatic rings. The maximum Gasteiger partial charge on any atom is 0.290 e. The summed E-state index contributed by atoms with van der Waals surface area (Å²) in [4.78, 5) is 22.5. The monoisotopic (exact) mass is 353 g/mol.